The Morgan fingerprint density at radius 3 is 2.91 bits per heavy atom. The Kier molecular flexibility index (Phi) is 5.73. The molecule has 2 atom stereocenters. The van der Waals surface area contributed by atoms with E-state index in [0.717, 1.165) is 25.9 Å². The van der Waals surface area contributed by atoms with Gasteiger partial charge >= 0.3 is 5.97 Å². The van der Waals surface area contributed by atoms with Crippen LogP contribution in [0.15, 0.2) is 12.3 Å². The van der Waals surface area contributed by atoms with E-state index < -0.39 is 17.4 Å². The van der Waals surface area contributed by atoms with Crippen LogP contribution in [0.5, 0.6) is 0 Å². The summed E-state index contributed by atoms with van der Waals surface area (Å²) in [5, 5.41) is 10.3. The van der Waals surface area contributed by atoms with Crippen LogP contribution in [0.25, 0.3) is 0 Å². The zero-order valence-electron chi connectivity index (χ0n) is 13.8. The van der Waals surface area contributed by atoms with Crippen LogP contribution in [0.1, 0.15) is 36.3 Å². The third-order valence-corrected chi connectivity index (χ3v) is 3.94. The van der Waals surface area contributed by atoms with Gasteiger partial charge in [0.25, 0.3) is 5.91 Å². The highest BCUT2D eigenvalue weighted by atomic mass is 16.5. The minimum Gasteiger partial charge on any atom is -0.467 e. The molecule has 1 fully saturated rings. The van der Waals surface area contributed by atoms with E-state index in [1.165, 1.54) is 14.2 Å². The Morgan fingerprint density at radius 1 is 1.52 bits per heavy atom. The van der Waals surface area contributed by atoms with Gasteiger partial charge in [-0.1, -0.05) is 0 Å². The zero-order valence-corrected chi connectivity index (χ0v) is 13.8. The second-order valence-electron chi connectivity index (χ2n) is 5.89. The van der Waals surface area contributed by atoms with E-state index in [1.807, 2.05) is 0 Å². The molecule has 0 radical (unpaired) electrons. The van der Waals surface area contributed by atoms with Crippen molar-refractivity contribution < 1.29 is 19.1 Å². The lowest BCUT2D eigenvalue weighted by Gasteiger charge is -2.26. The standard InChI is InChI=1S/C15H24N4O4/c1-15(10-22-2,14(21)23-3)17-13(20)12-6-8-19(18-12)11-5-4-7-16-9-11/h6,8,11,16H,4-5,7,9-10H2,1-3H3,(H,17,20). The van der Waals surface area contributed by atoms with Gasteiger partial charge in [-0.25, -0.2) is 4.79 Å². The normalized spacial score (nSPS) is 20.6. The number of hydrogen-bond acceptors (Lipinski definition) is 6. The quantitative estimate of drug-likeness (QED) is 0.722. The summed E-state index contributed by atoms with van der Waals surface area (Å²) in [6.07, 6.45) is 3.90. The van der Waals surface area contributed by atoms with Gasteiger partial charge in [-0.15, -0.1) is 0 Å². The lowest BCUT2D eigenvalue weighted by Crippen LogP contribution is -2.56. The molecule has 1 aliphatic rings. The largest absolute Gasteiger partial charge is 0.467 e. The molecular weight excluding hydrogens is 300 g/mol. The summed E-state index contributed by atoms with van der Waals surface area (Å²) in [7, 11) is 2.73. The first-order valence-electron chi connectivity index (χ1n) is 7.66. The highest BCUT2D eigenvalue weighted by Crippen LogP contribution is 2.16. The van der Waals surface area contributed by atoms with Crippen LogP contribution in [-0.4, -0.2) is 61.1 Å². The Hall–Kier alpha value is -1.93. The molecule has 2 N–H and O–H groups in total. The molecule has 23 heavy (non-hydrogen) atoms. The summed E-state index contributed by atoms with van der Waals surface area (Å²) in [6.45, 7) is 3.42. The molecule has 1 aromatic heterocycles. The molecule has 1 amide bonds. The predicted octanol–water partition coefficient (Wildman–Crippen LogP) is 0.116. The number of carbonyl (C=O) groups excluding carboxylic acids is 2. The van der Waals surface area contributed by atoms with Crippen molar-refractivity contribution in [1.82, 2.24) is 20.4 Å². The number of carbonyl (C=O) groups is 2. The fourth-order valence-corrected chi connectivity index (χ4v) is 2.70. The van der Waals surface area contributed by atoms with E-state index in [0.29, 0.717) is 0 Å². The Labute approximate surface area is 135 Å². The summed E-state index contributed by atoms with van der Waals surface area (Å²) in [6, 6.07) is 1.89. The van der Waals surface area contributed by atoms with Gasteiger partial charge in [0.05, 0.1) is 19.8 Å². The lowest BCUT2D eigenvalue weighted by molar-refractivity contribution is -0.149. The van der Waals surface area contributed by atoms with Gasteiger partial charge in [-0.2, -0.15) is 5.10 Å². The second kappa shape index (κ2) is 7.56. The molecule has 1 saturated heterocycles. The monoisotopic (exact) mass is 324 g/mol. The molecule has 0 aromatic carbocycles. The number of aromatic nitrogens is 2. The number of esters is 1. The number of hydrogen-bond donors (Lipinski definition) is 2. The van der Waals surface area contributed by atoms with E-state index in [4.69, 9.17) is 9.47 Å². The summed E-state index contributed by atoms with van der Waals surface area (Å²) in [5.74, 6) is -0.999. The SMILES string of the molecule is COCC(C)(NC(=O)c1ccn(C2CCCNC2)n1)C(=O)OC. The minimum atomic E-state index is -1.25. The number of methoxy groups -OCH3 is 2. The number of ether oxygens (including phenoxy) is 2. The van der Waals surface area contributed by atoms with Crippen LogP contribution in [0.4, 0.5) is 0 Å². The third-order valence-electron chi connectivity index (χ3n) is 3.94. The van der Waals surface area contributed by atoms with Crippen LogP contribution in [0.2, 0.25) is 0 Å². The number of nitrogens with zero attached hydrogens (tertiary/aromatic N) is 2. The van der Waals surface area contributed by atoms with Crippen molar-refractivity contribution >= 4 is 11.9 Å². The third kappa shape index (κ3) is 4.08. The topological polar surface area (TPSA) is 94.5 Å². The summed E-state index contributed by atoms with van der Waals surface area (Å²) in [4.78, 5) is 24.3. The van der Waals surface area contributed by atoms with Gasteiger partial charge < -0.3 is 20.1 Å². The Bertz CT molecular complexity index is 553. The van der Waals surface area contributed by atoms with Crippen molar-refractivity contribution in [2.75, 3.05) is 33.9 Å². The van der Waals surface area contributed by atoms with E-state index >= 15 is 0 Å². The van der Waals surface area contributed by atoms with Crippen molar-refractivity contribution in [3.63, 3.8) is 0 Å². The van der Waals surface area contributed by atoms with Gasteiger partial charge in [-0.3, -0.25) is 9.48 Å². The molecule has 0 bridgehead atoms. The maximum Gasteiger partial charge on any atom is 0.333 e. The fourth-order valence-electron chi connectivity index (χ4n) is 2.70. The minimum absolute atomic E-state index is 0.0126. The average molecular weight is 324 g/mol. The molecule has 2 heterocycles. The molecule has 2 unspecified atom stereocenters. The Morgan fingerprint density at radius 2 is 2.30 bits per heavy atom. The Balaban J connectivity index is 2.07. The first-order valence-corrected chi connectivity index (χ1v) is 7.66. The van der Waals surface area contributed by atoms with Crippen molar-refractivity contribution in [1.29, 1.82) is 0 Å². The van der Waals surface area contributed by atoms with Crippen molar-refractivity contribution in [3.8, 4) is 0 Å². The van der Waals surface area contributed by atoms with Crippen molar-refractivity contribution in [2.24, 2.45) is 0 Å². The van der Waals surface area contributed by atoms with Gasteiger partial charge in [-0.05, 0) is 32.4 Å². The molecule has 1 aromatic rings. The molecule has 2 rings (SSSR count). The van der Waals surface area contributed by atoms with E-state index in [2.05, 4.69) is 15.7 Å². The van der Waals surface area contributed by atoms with Crippen LogP contribution in [0.3, 0.4) is 0 Å². The first kappa shape index (κ1) is 17.4. The van der Waals surface area contributed by atoms with E-state index in [-0.39, 0.29) is 18.3 Å². The summed E-state index contributed by atoms with van der Waals surface area (Å²) >= 11 is 0. The summed E-state index contributed by atoms with van der Waals surface area (Å²) < 4.78 is 11.6. The highest BCUT2D eigenvalue weighted by molar-refractivity contribution is 5.96. The first-order chi connectivity index (χ1) is 11.0. The van der Waals surface area contributed by atoms with Crippen LogP contribution >= 0.6 is 0 Å². The smallest absolute Gasteiger partial charge is 0.333 e. The number of rotatable bonds is 6. The van der Waals surface area contributed by atoms with Gasteiger partial charge in [0, 0.05) is 19.9 Å². The molecule has 128 valence electrons. The highest BCUT2D eigenvalue weighted by Gasteiger charge is 2.37. The van der Waals surface area contributed by atoms with Gasteiger partial charge in [0.1, 0.15) is 5.69 Å². The molecule has 0 aliphatic carbocycles. The molecule has 0 saturated carbocycles. The predicted molar refractivity (Wildman–Crippen MR) is 83.1 cm³/mol. The molecule has 8 heteroatoms. The molecule has 8 nitrogen and oxygen atoms in total. The average Bonchev–Trinajstić information content (AvgIpc) is 3.05. The van der Waals surface area contributed by atoms with Gasteiger partial charge in [0.2, 0.25) is 0 Å². The maximum atomic E-state index is 12.4. The second-order valence-corrected chi connectivity index (χ2v) is 5.89. The van der Waals surface area contributed by atoms with E-state index in [1.54, 1.807) is 23.9 Å². The van der Waals surface area contributed by atoms with Crippen molar-refractivity contribution in [3.05, 3.63) is 18.0 Å². The number of piperidine rings is 1. The van der Waals surface area contributed by atoms with Crippen LogP contribution in [-0.2, 0) is 14.3 Å². The lowest BCUT2D eigenvalue weighted by atomic mass is 10.0. The van der Waals surface area contributed by atoms with Crippen molar-refractivity contribution in [2.45, 2.75) is 31.3 Å². The summed E-state index contributed by atoms with van der Waals surface area (Å²) in [5.41, 5.74) is -0.988. The number of amides is 1. The molecule has 0 spiro atoms. The maximum absolute atomic E-state index is 12.4. The fraction of sp³-hybridized carbons (Fsp3) is 0.667. The van der Waals surface area contributed by atoms with Crippen LogP contribution < -0.4 is 10.6 Å². The van der Waals surface area contributed by atoms with E-state index in [9.17, 15) is 9.59 Å². The number of nitrogens with one attached hydrogen (secondary N) is 2. The van der Waals surface area contributed by atoms with Gasteiger partial charge in [0.15, 0.2) is 5.54 Å². The van der Waals surface area contributed by atoms with Crippen LogP contribution in [0, 0.1) is 0 Å². The molecule has 1 aliphatic heterocycles. The molecular formula is C15H24N4O4. The zero-order chi connectivity index (χ0) is 16.9.